The van der Waals surface area contributed by atoms with Gasteiger partial charge in [0.1, 0.15) is 11.9 Å². The highest BCUT2D eigenvalue weighted by atomic mass is 16.4. The zero-order valence-corrected chi connectivity index (χ0v) is 13.5. The predicted molar refractivity (Wildman–Crippen MR) is 91.4 cm³/mol. The van der Waals surface area contributed by atoms with Gasteiger partial charge in [0.15, 0.2) is 0 Å². The zero-order chi connectivity index (χ0) is 16.6. The Morgan fingerprint density at radius 3 is 2.39 bits per heavy atom. The molecule has 3 aromatic rings. The van der Waals surface area contributed by atoms with Crippen LogP contribution in [0.5, 0.6) is 0 Å². The van der Waals surface area contributed by atoms with Crippen LogP contribution in [0.25, 0.3) is 22.4 Å². The third kappa shape index (κ3) is 2.61. The largest absolute Gasteiger partial charge is 0.480 e. The molecule has 1 unspecified atom stereocenters. The number of fused-ring (bicyclic) bond motifs is 1. The number of aromatic nitrogens is 2. The number of carbonyl (C=O) groups is 1. The predicted octanol–water partition coefficient (Wildman–Crippen LogP) is 4.29. The number of aryl methyl sites for hydroxylation is 1. The van der Waals surface area contributed by atoms with E-state index in [1.807, 2.05) is 73.9 Å². The molecule has 118 valence electrons. The molecule has 0 amide bonds. The molecule has 4 heteroatoms. The maximum absolute atomic E-state index is 11.9. The van der Waals surface area contributed by atoms with Gasteiger partial charge < -0.3 is 9.67 Å². The van der Waals surface area contributed by atoms with Crippen LogP contribution in [0.4, 0.5) is 0 Å². The summed E-state index contributed by atoms with van der Waals surface area (Å²) < 4.78 is 1.87. The van der Waals surface area contributed by atoms with Gasteiger partial charge in [-0.1, -0.05) is 50.2 Å². The molecule has 0 saturated heterocycles. The van der Waals surface area contributed by atoms with Crippen molar-refractivity contribution in [2.75, 3.05) is 0 Å². The third-order valence-electron chi connectivity index (χ3n) is 4.14. The molecule has 3 rings (SSSR count). The van der Waals surface area contributed by atoms with Gasteiger partial charge in [-0.3, -0.25) is 0 Å². The Morgan fingerprint density at radius 2 is 1.74 bits per heavy atom. The van der Waals surface area contributed by atoms with Crippen LogP contribution < -0.4 is 0 Å². The lowest BCUT2D eigenvalue weighted by molar-refractivity contribution is -0.142. The molecule has 0 aliphatic rings. The van der Waals surface area contributed by atoms with Gasteiger partial charge in [0.25, 0.3) is 0 Å². The van der Waals surface area contributed by atoms with E-state index in [1.54, 1.807) is 0 Å². The first kappa shape index (κ1) is 15.3. The van der Waals surface area contributed by atoms with Gasteiger partial charge in [-0.25, -0.2) is 9.78 Å². The maximum Gasteiger partial charge on any atom is 0.327 e. The summed E-state index contributed by atoms with van der Waals surface area (Å²) in [7, 11) is 0. The van der Waals surface area contributed by atoms with Crippen molar-refractivity contribution in [3.63, 3.8) is 0 Å². The van der Waals surface area contributed by atoms with E-state index in [0.29, 0.717) is 5.82 Å². The lowest BCUT2D eigenvalue weighted by atomic mass is 10.0. The third-order valence-corrected chi connectivity index (χ3v) is 4.14. The van der Waals surface area contributed by atoms with Crippen LogP contribution in [0.3, 0.4) is 0 Å². The summed E-state index contributed by atoms with van der Waals surface area (Å²) in [5, 5.41) is 9.77. The minimum atomic E-state index is -0.835. The molecule has 1 heterocycles. The Hall–Kier alpha value is -2.62. The summed E-state index contributed by atoms with van der Waals surface area (Å²) in [5.74, 6) is -0.170. The highest BCUT2D eigenvalue weighted by Crippen LogP contribution is 2.33. The van der Waals surface area contributed by atoms with Crippen molar-refractivity contribution in [2.45, 2.75) is 26.8 Å². The first-order chi connectivity index (χ1) is 11.0. The summed E-state index contributed by atoms with van der Waals surface area (Å²) in [5.41, 5.74) is 3.72. The van der Waals surface area contributed by atoms with Crippen LogP contribution in [-0.4, -0.2) is 20.6 Å². The van der Waals surface area contributed by atoms with E-state index in [-0.39, 0.29) is 5.92 Å². The fourth-order valence-corrected chi connectivity index (χ4v) is 3.03. The average Bonchev–Trinajstić information content (AvgIpc) is 2.86. The van der Waals surface area contributed by atoms with E-state index in [1.165, 1.54) is 0 Å². The molecule has 0 spiro atoms. The van der Waals surface area contributed by atoms with Crippen LogP contribution in [-0.2, 0) is 4.79 Å². The number of rotatable bonds is 4. The second-order valence-electron chi connectivity index (χ2n) is 6.14. The molecule has 4 nitrogen and oxygen atoms in total. The molecule has 0 aliphatic heterocycles. The van der Waals surface area contributed by atoms with Gasteiger partial charge in [0.2, 0.25) is 0 Å². The van der Waals surface area contributed by atoms with E-state index in [4.69, 9.17) is 4.98 Å². The van der Waals surface area contributed by atoms with Gasteiger partial charge in [0.05, 0.1) is 11.0 Å². The van der Waals surface area contributed by atoms with Crippen LogP contribution in [0.15, 0.2) is 48.5 Å². The smallest absolute Gasteiger partial charge is 0.327 e. The number of nitrogens with zero attached hydrogens (tertiary/aromatic N) is 2. The van der Waals surface area contributed by atoms with E-state index in [0.717, 1.165) is 22.2 Å². The van der Waals surface area contributed by atoms with Crippen molar-refractivity contribution in [1.29, 1.82) is 0 Å². The molecule has 23 heavy (non-hydrogen) atoms. The molecule has 1 atom stereocenters. The van der Waals surface area contributed by atoms with Crippen molar-refractivity contribution in [1.82, 2.24) is 9.55 Å². The molecule has 0 aliphatic carbocycles. The Bertz CT molecular complexity index is 865. The van der Waals surface area contributed by atoms with Crippen molar-refractivity contribution in [2.24, 2.45) is 5.92 Å². The first-order valence-corrected chi connectivity index (χ1v) is 7.76. The normalized spacial score (nSPS) is 12.7. The van der Waals surface area contributed by atoms with Crippen molar-refractivity contribution >= 4 is 17.0 Å². The quantitative estimate of drug-likeness (QED) is 0.782. The summed E-state index contributed by atoms with van der Waals surface area (Å²) in [6, 6.07) is 15.0. The Labute approximate surface area is 135 Å². The summed E-state index contributed by atoms with van der Waals surface area (Å²) in [4.78, 5) is 16.6. The van der Waals surface area contributed by atoms with Crippen LogP contribution in [0.1, 0.15) is 25.5 Å². The number of para-hydroxylation sites is 2. The maximum atomic E-state index is 11.9. The average molecular weight is 308 g/mol. The molecule has 1 aromatic heterocycles. The van der Waals surface area contributed by atoms with Crippen LogP contribution >= 0.6 is 0 Å². The topological polar surface area (TPSA) is 55.1 Å². The van der Waals surface area contributed by atoms with Crippen molar-refractivity contribution in [3.05, 3.63) is 54.1 Å². The van der Waals surface area contributed by atoms with Gasteiger partial charge >= 0.3 is 5.97 Å². The fourth-order valence-electron chi connectivity index (χ4n) is 3.03. The van der Waals surface area contributed by atoms with Gasteiger partial charge in [0, 0.05) is 5.56 Å². The van der Waals surface area contributed by atoms with E-state index in [2.05, 4.69) is 0 Å². The van der Waals surface area contributed by atoms with Crippen LogP contribution in [0.2, 0.25) is 0 Å². The van der Waals surface area contributed by atoms with E-state index < -0.39 is 12.0 Å². The fraction of sp³-hybridized carbons (Fsp3) is 0.263. The summed E-state index contributed by atoms with van der Waals surface area (Å²) in [6.07, 6.45) is 0. The molecular formula is C19H20N2O2. The molecule has 2 aromatic carbocycles. The highest BCUT2D eigenvalue weighted by molar-refractivity contribution is 5.85. The first-order valence-electron chi connectivity index (χ1n) is 7.76. The standard InChI is InChI=1S/C19H20N2O2/c1-12(2)17(19(22)23)21-16-11-7-6-10-15(16)20-18(21)14-9-5-4-8-13(14)3/h4-12,17H,1-3H3,(H,22,23). The summed E-state index contributed by atoms with van der Waals surface area (Å²) >= 11 is 0. The lowest BCUT2D eigenvalue weighted by Gasteiger charge is -2.22. The SMILES string of the molecule is Cc1ccccc1-c1nc2ccccc2n1C(C(=O)O)C(C)C. The highest BCUT2D eigenvalue weighted by Gasteiger charge is 2.28. The number of aliphatic carboxylic acids is 1. The number of hydrogen-bond acceptors (Lipinski definition) is 2. The van der Waals surface area contributed by atoms with E-state index >= 15 is 0 Å². The second-order valence-corrected chi connectivity index (χ2v) is 6.14. The summed E-state index contributed by atoms with van der Waals surface area (Å²) in [6.45, 7) is 5.87. The van der Waals surface area contributed by atoms with Crippen LogP contribution in [0, 0.1) is 12.8 Å². The van der Waals surface area contributed by atoms with Gasteiger partial charge in [-0.05, 0) is 30.5 Å². The monoisotopic (exact) mass is 308 g/mol. The number of imidazole rings is 1. The Kier molecular flexibility index (Phi) is 3.90. The minimum Gasteiger partial charge on any atom is -0.480 e. The Morgan fingerprint density at radius 1 is 1.09 bits per heavy atom. The minimum absolute atomic E-state index is 0.0483. The molecule has 0 bridgehead atoms. The number of benzene rings is 2. The second kappa shape index (κ2) is 5.88. The molecule has 1 N–H and O–H groups in total. The molecule has 0 fully saturated rings. The van der Waals surface area contributed by atoms with E-state index in [9.17, 15) is 9.90 Å². The Balaban J connectivity index is 2.36. The molecular weight excluding hydrogens is 288 g/mol. The number of carboxylic acids is 1. The van der Waals surface area contributed by atoms with Gasteiger partial charge in [-0.15, -0.1) is 0 Å². The lowest BCUT2D eigenvalue weighted by Crippen LogP contribution is -2.25. The van der Waals surface area contributed by atoms with Crippen molar-refractivity contribution in [3.8, 4) is 11.4 Å². The molecule has 0 radical (unpaired) electrons. The number of carboxylic acid groups (broad SMARTS) is 1. The van der Waals surface area contributed by atoms with Gasteiger partial charge in [-0.2, -0.15) is 0 Å². The molecule has 0 saturated carbocycles. The van der Waals surface area contributed by atoms with Crippen molar-refractivity contribution < 1.29 is 9.90 Å². The number of hydrogen-bond donors (Lipinski definition) is 1. The zero-order valence-electron chi connectivity index (χ0n) is 13.5.